The lowest BCUT2D eigenvalue weighted by molar-refractivity contribution is -0.138. The van der Waals surface area contributed by atoms with Crippen molar-refractivity contribution in [3.8, 4) is 0 Å². The van der Waals surface area contributed by atoms with Crippen LogP contribution in [-0.4, -0.2) is 21.4 Å². The summed E-state index contributed by atoms with van der Waals surface area (Å²) in [5.41, 5.74) is 0.941. The highest BCUT2D eigenvalue weighted by Gasteiger charge is 2.33. The van der Waals surface area contributed by atoms with Gasteiger partial charge in [-0.3, -0.25) is 9.69 Å². The van der Waals surface area contributed by atoms with Crippen molar-refractivity contribution in [2.75, 3.05) is 6.54 Å². The molecule has 7 heteroatoms. The molecule has 2 aromatic rings. The molecule has 1 saturated carbocycles. The monoisotopic (exact) mass is 363 g/mol. The molecule has 1 fully saturated rings. The molecule has 1 aliphatic heterocycles. The number of nitrogens with zero attached hydrogens (tertiary/aromatic N) is 2. The van der Waals surface area contributed by atoms with Crippen LogP contribution < -0.4 is 5.56 Å². The van der Waals surface area contributed by atoms with E-state index >= 15 is 0 Å². The molecule has 1 aromatic carbocycles. The normalized spacial score (nSPS) is 18.0. The van der Waals surface area contributed by atoms with E-state index < -0.39 is 11.7 Å². The smallest absolute Gasteiger partial charge is 0.310 e. The zero-order valence-corrected chi connectivity index (χ0v) is 14.3. The molecule has 4 rings (SSSR count). The molecule has 2 heterocycles. The van der Waals surface area contributed by atoms with E-state index in [-0.39, 0.29) is 17.7 Å². The number of benzene rings is 1. The highest BCUT2D eigenvalue weighted by atomic mass is 19.4. The number of halogens is 3. The van der Waals surface area contributed by atoms with Crippen molar-refractivity contribution in [2.45, 2.75) is 44.9 Å². The molecule has 2 aliphatic rings. The molecule has 26 heavy (non-hydrogen) atoms. The lowest BCUT2D eigenvalue weighted by Crippen LogP contribution is -2.35. The molecule has 138 valence electrons. The summed E-state index contributed by atoms with van der Waals surface area (Å²) < 4.78 is 39.6. The van der Waals surface area contributed by atoms with Crippen LogP contribution in [0.5, 0.6) is 0 Å². The van der Waals surface area contributed by atoms with Crippen molar-refractivity contribution >= 4 is 0 Å². The highest BCUT2D eigenvalue weighted by molar-refractivity contribution is 5.30. The Labute approximate surface area is 149 Å². The minimum absolute atomic E-state index is 0.0963. The maximum Gasteiger partial charge on any atom is 0.416 e. The van der Waals surface area contributed by atoms with Crippen molar-refractivity contribution in [2.24, 2.45) is 5.92 Å². The van der Waals surface area contributed by atoms with Crippen LogP contribution in [0.25, 0.3) is 0 Å². The second-order valence-corrected chi connectivity index (χ2v) is 7.20. The molecule has 1 N–H and O–H groups in total. The van der Waals surface area contributed by atoms with E-state index in [2.05, 4.69) is 9.97 Å². The first kappa shape index (κ1) is 17.3. The molecule has 1 aliphatic carbocycles. The molecular formula is C19H20F3N3O. The fraction of sp³-hybridized carbons (Fsp3) is 0.474. The zero-order chi connectivity index (χ0) is 18.3. The van der Waals surface area contributed by atoms with Crippen LogP contribution in [0.15, 0.2) is 29.1 Å². The number of aromatic nitrogens is 2. The van der Waals surface area contributed by atoms with E-state index in [1.54, 1.807) is 6.07 Å². The standard InChI is InChI=1S/C19H20F3N3O/c20-19(21,22)15-4-2-1-3-13(15)10-25-8-7-14-16(11-25)23-17(24-18(14)26)9-12-5-6-12/h1-4,12H,5-11H2,(H,23,24,26). The number of fused-ring (bicyclic) bond motifs is 1. The average molecular weight is 363 g/mol. The highest BCUT2D eigenvalue weighted by Crippen LogP contribution is 2.33. The molecule has 0 radical (unpaired) electrons. The minimum atomic E-state index is -4.36. The molecule has 0 atom stereocenters. The zero-order valence-electron chi connectivity index (χ0n) is 14.3. The third-order valence-electron chi connectivity index (χ3n) is 5.10. The van der Waals surface area contributed by atoms with Gasteiger partial charge in [-0.05, 0) is 36.8 Å². The van der Waals surface area contributed by atoms with E-state index in [1.807, 2.05) is 4.90 Å². The quantitative estimate of drug-likeness (QED) is 0.907. The second kappa shape index (κ2) is 6.54. The molecule has 0 unspecified atom stereocenters. The fourth-order valence-corrected chi connectivity index (χ4v) is 3.55. The van der Waals surface area contributed by atoms with Gasteiger partial charge in [0, 0.05) is 31.6 Å². The Bertz CT molecular complexity index is 871. The Morgan fingerprint density at radius 3 is 2.73 bits per heavy atom. The molecule has 0 saturated heterocycles. The van der Waals surface area contributed by atoms with Gasteiger partial charge in [0.25, 0.3) is 5.56 Å². The molecule has 1 aromatic heterocycles. The average Bonchev–Trinajstić information content (AvgIpc) is 3.38. The van der Waals surface area contributed by atoms with E-state index in [9.17, 15) is 18.0 Å². The Balaban J connectivity index is 1.55. The molecular weight excluding hydrogens is 343 g/mol. The third kappa shape index (κ3) is 3.67. The van der Waals surface area contributed by atoms with E-state index in [0.717, 1.165) is 12.5 Å². The number of alkyl halides is 3. The van der Waals surface area contributed by atoms with Gasteiger partial charge in [0.2, 0.25) is 0 Å². The van der Waals surface area contributed by atoms with E-state index in [0.29, 0.717) is 42.5 Å². The van der Waals surface area contributed by atoms with Crippen molar-refractivity contribution in [1.29, 1.82) is 0 Å². The van der Waals surface area contributed by atoms with E-state index in [4.69, 9.17) is 0 Å². The predicted molar refractivity (Wildman–Crippen MR) is 90.5 cm³/mol. The predicted octanol–water partition coefficient (Wildman–Crippen LogP) is 3.30. The minimum Gasteiger partial charge on any atom is -0.310 e. The lowest BCUT2D eigenvalue weighted by Gasteiger charge is -2.28. The topological polar surface area (TPSA) is 49.0 Å². The maximum atomic E-state index is 13.2. The van der Waals surface area contributed by atoms with Crippen LogP contribution in [0, 0.1) is 5.92 Å². The van der Waals surface area contributed by atoms with Gasteiger partial charge in [-0.25, -0.2) is 4.98 Å². The van der Waals surface area contributed by atoms with Crippen LogP contribution >= 0.6 is 0 Å². The van der Waals surface area contributed by atoms with Gasteiger partial charge in [-0.2, -0.15) is 13.2 Å². The Morgan fingerprint density at radius 2 is 2.00 bits per heavy atom. The number of nitrogens with one attached hydrogen (secondary N) is 1. The summed E-state index contributed by atoms with van der Waals surface area (Å²) in [6.45, 7) is 1.15. The van der Waals surface area contributed by atoms with Gasteiger partial charge in [0.05, 0.1) is 11.3 Å². The Morgan fingerprint density at radius 1 is 1.23 bits per heavy atom. The second-order valence-electron chi connectivity index (χ2n) is 7.20. The van der Waals surface area contributed by atoms with Gasteiger partial charge >= 0.3 is 6.18 Å². The van der Waals surface area contributed by atoms with Crippen LogP contribution in [0.2, 0.25) is 0 Å². The van der Waals surface area contributed by atoms with Crippen LogP contribution in [-0.2, 0) is 32.1 Å². The summed E-state index contributed by atoms with van der Waals surface area (Å²) in [6, 6.07) is 5.66. The van der Waals surface area contributed by atoms with Gasteiger partial charge in [0.1, 0.15) is 5.82 Å². The largest absolute Gasteiger partial charge is 0.416 e. The fourth-order valence-electron chi connectivity index (χ4n) is 3.55. The van der Waals surface area contributed by atoms with Gasteiger partial charge in [-0.1, -0.05) is 18.2 Å². The van der Waals surface area contributed by atoms with Crippen molar-refractivity contribution in [1.82, 2.24) is 14.9 Å². The summed E-state index contributed by atoms with van der Waals surface area (Å²) in [4.78, 5) is 21.7. The van der Waals surface area contributed by atoms with Crippen molar-refractivity contribution in [3.63, 3.8) is 0 Å². The number of H-pyrrole nitrogens is 1. The number of rotatable bonds is 4. The SMILES string of the molecule is O=c1[nH]c(CC2CC2)nc2c1CCN(Cc1ccccc1C(F)(F)F)C2. The number of aromatic amines is 1. The first-order chi connectivity index (χ1) is 12.4. The lowest BCUT2D eigenvalue weighted by atomic mass is 10.0. The summed E-state index contributed by atoms with van der Waals surface area (Å²) in [5.74, 6) is 1.31. The van der Waals surface area contributed by atoms with Crippen LogP contribution in [0.4, 0.5) is 13.2 Å². The van der Waals surface area contributed by atoms with E-state index in [1.165, 1.54) is 25.0 Å². The first-order valence-corrected chi connectivity index (χ1v) is 8.88. The van der Waals surface area contributed by atoms with Crippen molar-refractivity contribution in [3.05, 3.63) is 62.8 Å². The van der Waals surface area contributed by atoms with Gasteiger partial charge in [0.15, 0.2) is 0 Å². The van der Waals surface area contributed by atoms with Gasteiger partial charge in [-0.15, -0.1) is 0 Å². The summed E-state index contributed by atoms with van der Waals surface area (Å²) in [6.07, 6.45) is -0.742. The Kier molecular flexibility index (Phi) is 4.34. The number of hydrogen-bond donors (Lipinski definition) is 1. The van der Waals surface area contributed by atoms with Crippen molar-refractivity contribution < 1.29 is 13.2 Å². The molecule has 0 amide bonds. The first-order valence-electron chi connectivity index (χ1n) is 8.88. The Hall–Kier alpha value is -2.15. The molecule has 0 spiro atoms. The number of hydrogen-bond acceptors (Lipinski definition) is 3. The molecule has 0 bridgehead atoms. The maximum absolute atomic E-state index is 13.2. The van der Waals surface area contributed by atoms with Crippen LogP contribution in [0.3, 0.4) is 0 Å². The summed E-state index contributed by atoms with van der Waals surface area (Å²) in [5, 5.41) is 0. The van der Waals surface area contributed by atoms with Crippen LogP contribution in [0.1, 0.15) is 41.1 Å². The molecule has 4 nitrogen and oxygen atoms in total. The van der Waals surface area contributed by atoms with Gasteiger partial charge < -0.3 is 4.98 Å². The summed E-state index contributed by atoms with van der Waals surface area (Å²) >= 11 is 0. The summed E-state index contributed by atoms with van der Waals surface area (Å²) in [7, 11) is 0. The third-order valence-corrected chi connectivity index (χ3v) is 5.10.